The first-order chi connectivity index (χ1) is 15.0. The highest BCUT2D eigenvalue weighted by molar-refractivity contribution is 6.34. The van der Waals surface area contributed by atoms with Crippen LogP contribution >= 0.6 is 11.6 Å². The van der Waals surface area contributed by atoms with Crippen LogP contribution in [0.1, 0.15) is 33.9 Å². The number of carbonyl (C=O) groups is 3. The quantitative estimate of drug-likeness (QED) is 0.198. The van der Waals surface area contributed by atoms with Crippen molar-refractivity contribution in [2.75, 3.05) is 6.61 Å². The molecular weight excluding hydrogens is 452 g/mol. The normalized spacial score (nSPS) is 24.8. The van der Waals surface area contributed by atoms with Crippen molar-refractivity contribution in [2.24, 2.45) is 0 Å². The van der Waals surface area contributed by atoms with E-state index in [2.05, 4.69) is 9.97 Å². The Morgan fingerprint density at radius 3 is 2.50 bits per heavy atom. The molecular formula is C18H19ClN4O9. The number of rotatable bonds is 6. The van der Waals surface area contributed by atoms with Crippen LogP contribution in [0.15, 0.2) is 12.5 Å². The Labute approximate surface area is 185 Å². The second kappa shape index (κ2) is 8.67. The van der Waals surface area contributed by atoms with E-state index in [0.717, 1.165) is 26.4 Å². The number of esters is 3. The van der Waals surface area contributed by atoms with Crippen LogP contribution in [-0.4, -0.2) is 61.8 Å². The molecule has 3 heterocycles. The Morgan fingerprint density at radius 1 is 1.25 bits per heavy atom. The summed E-state index contributed by atoms with van der Waals surface area (Å²) in [5.41, 5.74) is -2.07. The highest BCUT2D eigenvalue weighted by atomic mass is 35.5. The molecule has 4 unspecified atom stereocenters. The number of halogens is 1. The summed E-state index contributed by atoms with van der Waals surface area (Å²) in [6.07, 6.45) is -1.34. The molecule has 0 aromatic carbocycles. The van der Waals surface area contributed by atoms with E-state index in [9.17, 15) is 24.5 Å². The average Bonchev–Trinajstić information content (AvgIpc) is 3.17. The number of nitro groups is 1. The summed E-state index contributed by atoms with van der Waals surface area (Å²) >= 11 is 6.07. The van der Waals surface area contributed by atoms with Crippen LogP contribution in [0.2, 0.25) is 5.15 Å². The van der Waals surface area contributed by atoms with Crippen LogP contribution in [0.5, 0.6) is 0 Å². The van der Waals surface area contributed by atoms with Gasteiger partial charge in [-0.25, -0.2) is 9.97 Å². The van der Waals surface area contributed by atoms with Crippen LogP contribution < -0.4 is 0 Å². The van der Waals surface area contributed by atoms with Crippen molar-refractivity contribution in [1.82, 2.24) is 14.5 Å². The lowest BCUT2D eigenvalue weighted by molar-refractivity contribution is -0.383. The number of hydrogen-bond acceptors (Lipinski definition) is 11. The number of hydrogen-bond donors (Lipinski definition) is 0. The van der Waals surface area contributed by atoms with E-state index in [0.29, 0.717) is 0 Å². The van der Waals surface area contributed by atoms with Crippen LogP contribution in [0.4, 0.5) is 5.69 Å². The maximum Gasteiger partial charge on any atom is 0.303 e. The third kappa shape index (κ3) is 4.21. The molecule has 0 amide bonds. The molecule has 1 fully saturated rings. The van der Waals surface area contributed by atoms with Gasteiger partial charge in [-0.3, -0.25) is 29.1 Å². The lowest BCUT2D eigenvalue weighted by Crippen LogP contribution is -2.50. The summed E-state index contributed by atoms with van der Waals surface area (Å²) in [4.78, 5) is 53.8. The van der Waals surface area contributed by atoms with Gasteiger partial charge >= 0.3 is 17.9 Å². The average molecular weight is 471 g/mol. The molecule has 13 nitrogen and oxygen atoms in total. The molecule has 0 radical (unpaired) electrons. The van der Waals surface area contributed by atoms with Crippen LogP contribution in [0.25, 0.3) is 11.0 Å². The zero-order chi connectivity index (χ0) is 23.8. The third-order valence-electron chi connectivity index (χ3n) is 4.80. The van der Waals surface area contributed by atoms with Gasteiger partial charge in [0.1, 0.15) is 29.6 Å². The van der Waals surface area contributed by atoms with E-state index in [-0.39, 0.29) is 22.8 Å². The topological polar surface area (TPSA) is 162 Å². The fourth-order valence-electron chi connectivity index (χ4n) is 3.69. The van der Waals surface area contributed by atoms with Crippen molar-refractivity contribution < 1.29 is 38.3 Å². The second-order valence-corrected chi connectivity index (χ2v) is 7.54. The Morgan fingerprint density at radius 2 is 1.94 bits per heavy atom. The molecule has 1 aliphatic rings. The minimum atomic E-state index is -1.68. The molecule has 0 N–H and O–H groups in total. The molecule has 14 heteroatoms. The molecule has 1 saturated heterocycles. The maximum atomic E-state index is 11.9. The number of nitrogens with zero attached hydrogens (tertiary/aromatic N) is 4. The van der Waals surface area contributed by atoms with E-state index in [1.807, 2.05) is 0 Å². The lowest BCUT2D eigenvalue weighted by Gasteiger charge is -2.34. The van der Waals surface area contributed by atoms with Gasteiger partial charge < -0.3 is 18.9 Å². The van der Waals surface area contributed by atoms with Gasteiger partial charge in [0.05, 0.1) is 11.1 Å². The van der Waals surface area contributed by atoms with Crippen LogP contribution in [0, 0.1) is 10.1 Å². The Hall–Kier alpha value is -3.32. The van der Waals surface area contributed by atoms with Gasteiger partial charge in [-0.05, 0) is 6.92 Å². The standard InChI is InChI=1S/C18H19ClN4O9/c1-8(24)29-6-12-14(30-9(2)25)18(4,32-10(3)26)17(31-12)22-5-11(23(27)28)13-15(19)20-7-21-16(13)22/h5,7,12,14,17H,6H2,1-4H3. The Balaban J connectivity index is 2.20. The van der Waals surface area contributed by atoms with Gasteiger partial charge in [0, 0.05) is 20.8 Å². The smallest absolute Gasteiger partial charge is 0.303 e. The van der Waals surface area contributed by atoms with Gasteiger partial charge in [-0.1, -0.05) is 11.6 Å². The highest BCUT2D eigenvalue weighted by Crippen LogP contribution is 2.46. The molecule has 0 bridgehead atoms. The monoisotopic (exact) mass is 470 g/mol. The van der Waals surface area contributed by atoms with Crippen molar-refractivity contribution in [3.63, 3.8) is 0 Å². The summed E-state index contributed by atoms with van der Waals surface area (Å²) in [7, 11) is 0. The van der Waals surface area contributed by atoms with E-state index < -0.39 is 52.6 Å². The predicted molar refractivity (Wildman–Crippen MR) is 105 cm³/mol. The third-order valence-corrected chi connectivity index (χ3v) is 5.08. The van der Waals surface area contributed by atoms with E-state index in [4.69, 9.17) is 30.5 Å². The summed E-state index contributed by atoms with van der Waals surface area (Å²) in [6, 6.07) is 0. The molecule has 4 atom stereocenters. The van der Waals surface area contributed by atoms with Gasteiger partial charge in [0.15, 0.2) is 23.6 Å². The molecule has 3 rings (SSSR count). The largest absolute Gasteiger partial charge is 0.463 e. The van der Waals surface area contributed by atoms with Crippen molar-refractivity contribution in [3.8, 4) is 0 Å². The lowest BCUT2D eigenvalue weighted by atomic mass is 9.95. The van der Waals surface area contributed by atoms with E-state index in [1.54, 1.807) is 0 Å². The van der Waals surface area contributed by atoms with Gasteiger partial charge in [0.25, 0.3) is 5.69 Å². The summed E-state index contributed by atoms with van der Waals surface area (Å²) in [6.45, 7) is 4.56. The molecule has 0 spiro atoms. The first-order valence-corrected chi connectivity index (χ1v) is 9.64. The fraction of sp³-hybridized carbons (Fsp3) is 0.500. The van der Waals surface area contributed by atoms with Crippen molar-refractivity contribution in [3.05, 3.63) is 27.8 Å². The number of fused-ring (bicyclic) bond motifs is 1. The number of ether oxygens (including phenoxy) is 4. The molecule has 0 aliphatic carbocycles. The minimum absolute atomic E-state index is 0.0230. The molecule has 32 heavy (non-hydrogen) atoms. The summed E-state index contributed by atoms with van der Waals surface area (Å²) in [5.74, 6) is -2.06. The van der Waals surface area contributed by atoms with Gasteiger partial charge in [-0.2, -0.15) is 0 Å². The van der Waals surface area contributed by atoms with Crippen LogP contribution in [-0.2, 0) is 33.3 Å². The Bertz CT molecular complexity index is 1100. The molecule has 2 aromatic heterocycles. The van der Waals surface area contributed by atoms with E-state index in [1.165, 1.54) is 18.4 Å². The predicted octanol–water partition coefficient (Wildman–Crippen LogP) is 1.71. The maximum absolute atomic E-state index is 11.9. The summed E-state index contributed by atoms with van der Waals surface area (Å²) in [5, 5.41) is 11.4. The van der Waals surface area contributed by atoms with E-state index >= 15 is 0 Å². The van der Waals surface area contributed by atoms with Crippen molar-refractivity contribution in [1.29, 1.82) is 0 Å². The minimum Gasteiger partial charge on any atom is -0.463 e. The number of carbonyl (C=O) groups excluding carboxylic acids is 3. The molecule has 172 valence electrons. The molecule has 0 saturated carbocycles. The first-order valence-electron chi connectivity index (χ1n) is 9.26. The number of aromatic nitrogens is 3. The van der Waals surface area contributed by atoms with Crippen molar-refractivity contribution in [2.45, 2.75) is 51.7 Å². The fourth-order valence-corrected chi connectivity index (χ4v) is 3.91. The molecule has 1 aliphatic heterocycles. The highest BCUT2D eigenvalue weighted by Gasteiger charge is 2.60. The van der Waals surface area contributed by atoms with Crippen LogP contribution in [0.3, 0.4) is 0 Å². The second-order valence-electron chi connectivity index (χ2n) is 7.18. The Kier molecular flexibility index (Phi) is 6.32. The van der Waals surface area contributed by atoms with Gasteiger partial charge in [-0.15, -0.1) is 0 Å². The van der Waals surface area contributed by atoms with Gasteiger partial charge in [0.2, 0.25) is 0 Å². The SMILES string of the molecule is CC(=O)OCC1OC(n2cc([N+](=O)[O-])c3c(Cl)ncnc32)C(C)(OC(C)=O)C1OC(C)=O. The first kappa shape index (κ1) is 23.3. The van der Waals surface area contributed by atoms with Crippen molar-refractivity contribution >= 4 is 46.2 Å². The summed E-state index contributed by atoms with van der Waals surface area (Å²) < 4.78 is 23.1. The zero-order valence-electron chi connectivity index (χ0n) is 17.4. The molecule has 2 aromatic rings. The zero-order valence-corrected chi connectivity index (χ0v) is 18.2.